The Morgan fingerprint density at radius 3 is 2.22 bits per heavy atom. The molecule has 1 radical (unpaired) electrons. The van der Waals surface area contributed by atoms with Gasteiger partial charge in [-0.25, -0.2) is 0 Å². The highest BCUT2D eigenvalue weighted by Crippen LogP contribution is 2.48. The minimum atomic E-state index is 0.474. The second kappa shape index (κ2) is 1.98. The Balaban J connectivity index is 2.11. The molecule has 0 aromatic heterocycles. The molecule has 0 unspecified atom stereocenters. The topological polar surface area (TPSA) is 0 Å². The minimum Gasteiger partial charge on any atom is -0.0850 e. The summed E-state index contributed by atoms with van der Waals surface area (Å²) in [6.45, 7) is 0. The monoisotopic (exact) mass is 187 g/mol. The fourth-order valence-electron chi connectivity index (χ4n) is 1.98. The summed E-state index contributed by atoms with van der Waals surface area (Å²) >= 11 is 3.78. The molecule has 3 rings (SSSR count). The molecule has 2 bridgehead atoms. The molecule has 3 fully saturated rings. The minimum absolute atomic E-state index is 0.474. The Hall–Kier alpha value is 0.480. The van der Waals surface area contributed by atoms with Crippen molar-refractivity contribution < 1.29 is 0 Å². The molecule has 0 aliphatic heterocycles. The van der Waals surface area contributed by atoms with Crippen LogP contribution < -0.4 is 0 Å². The number of halogens is 1. The highest BCUT2D eigenvalue weighted by Gasteiger charge is 2.38. The third kappa shape index (κ3) is 1.04. The van der Waals surface area contributed by atoms with Gasteiger partial charge in [0.1, 0.15) is 0 Å². The molecule has 0 aromatic rings. The van der Waals surface area contributed by atoms with E-state index in [1.807, 2.05) is 0 Å². The Morgan fingerprint density at radius 1 is 1.33 bits per heavy atom. The van der Waals surface area contributed by atoms with Crippen LogP contribution in [-0.2, 0) is 0 Å². The third-order valence-electron chi connectivity index (χ3n) is 2.75. The van der Waals surface area contributed by atoms with Gasteiger partial charge in [-0.15, -0.1) is 0 Å². The van der Waals surface area contributed by atoms with E-state index in [2.05, 4.69) is 22.4 Å². The zero-order valence-corrected chi connectivity index (χ0v) is 7.15. The van der Waals surface area contributed by atoms with Crippen LogP contribution in [0, 0.1) is 12.3 Å². The van der Waals surface area contributed by atoms with Gasteiger partial charge in [-0.2, -0.15) is 0 Å². The van der Waals surface area contributed by atoms with Gasteiger partial charge in [0.2, 0.25) is 0 Å². The standard InChI is InChI=1S/C8H12Br/c9-8-4-1-7(2-5-8)3-6-8/h4,7H,1-3,5-6H2. The summed E-state index contributed by atoms with van der Waals surface area (Å²) in [7, 11) is 0. The van der Waals surface area contributed by atoms with Crippen LogP contribution in [0.25, 0.3) is 0 Å². The highest BCUT2D eigenvalue weighted by molar-refractivity contribution is 9.10. The Morgan fingerprint density at radius 2 is 2.00 bits per heavy atom. The van der Waals surface area contributed by atoms with E-state index >= 15 is 0 Å². The first-order valence-corrected chi connectivity index (χ1v) is 4.61. The largest absolute Gasteiger partial charge is 0.0850 e. The molecule has 51 valence electrons. The lowest BCUT2D eigenvalue weighted by Crippen LogP contribution is -2.34. The van der Waals surface area contributed by atoms with Gasteiger partial charge in [0, 0.05) is 4.32 Å². The van der Waals surface area contributed by atoms with Gasteiger partial charge in [0.05, 0.1) is 0 Å². The van der Waals surface area contributed by atoms with Crippen molar-refractivity contribution >= 4 is 15.9 Å². The van der Waals surface area contributed by atoms with E-state index in [0.29, 0.717) is 4.32 Å². The predicted molar refractivity (Wildman–Crippen MR) is 42.5 cm³/mol. The summed E-state index contributed by atoms with van der Waals surface area (Å²) in [5.41, 5.74) is 0. The lowest BCUT2D eigenvalue weighted by molar-refractivity contribution is 0.262. The molecule has 0 atom stereocenters. The van der Waals surface area contributed by atoms with Crippen molar-refractivity contribution in [3.8, 4) is 0 Å². The smallest absolute Gasteiger partial charge is 0.0289 e. The molecule has 0 saturated heterocycles. The van der Waals surface area contributed by atoms with Crippen molar-refractivity contribution in [1.82, 2.24) is 0 Å². The number of rotatable bonds is 0. The number of alkyl halides is 1. The zero-order valence-electron chi connectivity index (χ0n) is 5.57. The van der Waals surface area contributed by atoms with Crippen LogP contribution in [0.1, 0.15) is 32.1 Å². The van der Waals surface area contributed by atoms with Gasteiger partial charge in [0.25, 0.3) is 0 Å². The SMILES string of the molecule is BrC12[CH]CC(CC1)CC2. The number of hydrogen-bond donors (Lipinski definition) is 0. The van der Waals surface area contributed by atoms with Crippen molar-refractivity contribution in [2.24, 2.45) is 5.92 Å². The quantitative estimate of drug-likeness (QED) is 0.512. The summed E-state index contributed by atoms with van der Waals surface area (Å²) in [6, 6.07) is 0. The highest BCUT2D eigenvalue weighted by atomic mass is 79.9. The van der Waals surface area contributed by atoms with Crippen LogP contribution in [0.15, 0.2) is 0 Å². The lowest BCUT2D eigenvalue weighted by Gasteiger charge is -2.42. The predicted octanol–water partition coefficient (Wildman–Crippen LogP) is 2.92. The first kappa shape index (κ1) is 6.21. The van der Waals surface area contributed by atoms with Crippen molar-refractivity contribution in [3.63, 3.8) is 0 Å². The van der Waals surface area contributed by atoms with E-state index in [9.17, 15) is 0 Å². The van der Waals surface area contributed by atoms with Crippen molar-refractivity contribution in [2.45, 2.75) is 36.4 Å². The van der Waals surface area contributed by atoms with Crippen LogP contribution in [0.2, 0.25) is 0 Å². The maximum atomic E-state index is 3.78. The Labute approximate surface area is 65.1 Å². The lowest BCUT2D eigenvalue weighted by atomic mass is 9.71. The second-order valence-electron chi connectivity index (χ2n) is 3.42. The van der Waals surface area contributed by atoms with Crippen molar-refractivity contribution in [3.05, 3.63) is 6.42 Å². The molecule has 0 heterocycles. The molecule has 0 N–H and O–H groups in total. The second-order valence-corrected chi connectivity index (χ2v) is 5.00. The first-order chi connectivity index (χ1) is 4.29. The van der Waals surface area contributed by atoms with Crippen LogP contribution in [0.4, 0.5) is 0 Å². The van der Waals surface area contributed by atoms with Gasteiger partial charge < -0.3 is 0 Å². The molecule has 0 spiro atoms. The van der Waals surface area contributed by atoms with Crippen LogP contribution in [-0.4, -0.2) is 4.32 Å². The molecule has 3 aliphatic rings. The van der Waals surface area contributed by atoms with Crippen molar-refractivity contribution in [2.75, 3.05) is 0 Å². The van der Waals surface area contributed by atoms with E-state index in [4.69, 9.17) is 0 Å². The van der Waals surface area contributed by atoms with E-state index in [1.165, 1.54) is 32.1 Å². The number of hydrogen-bond acceptors (Lipinski definition) is 0. The third-order valence-corrected chi connectivity index (χ3v) is 3.87. The molecule has 1 heteroatoms. The van der Waals surface area contributed by atoms with E-state index < -0.39 is 0 Å². The summed E-state index contributed by atoms with van der Waals surface area (Å²) in [4.78, 5) is 0. The summed E-state index contributed by atoms with van der Waals surface area (Å²) < 4.78 is 0.474. The fraction of sp³-hybridized carbons (Fsp3) is 0.875. The molecule has 0 amide bonds. The normalized spacial score (nSPS) is 49.7. The average molecular weight is 188 g/mol. The first-order valence-electron chi connectivity index (χ1n) is 3.82. The van der Waals surface area contributed by atoms with E-state index in [0.717, 1.165) is 5.92 Å². The van der Waals surface area contributed by atoms with Gasteiger partial charge in [-0.05, 0) is 44.4 Å². The summed E-state index contributed by atoms with van der Waals surface area (Å²) in [5.74, 6) is 1.05. The fourth-order valence-corrected chi connectivity index (χ4v) is 2.62. The van der Waals surface area contributed by atoms with Crippen molar-refractivity contribution in [1.29, 1.82) is 0 Å². The zero-order chi connectivity index (χ0) is 6.32. The van der Waals surface area contributed by atoms with Gasteiger partial charge in [-0.1, -0.05) is 15.9 Å². The molecule has 0 aromatic carbocycles. The van der Waals surface area contributed by atoms with Crippen LogP contribution >= 0.6 is 15.9 Å². The molecule has 0 nitrogen and oxygen atoms in total. The maximum Gasteiger partial charge on any atom is 0.0289 e. The van der Waals surface area contributed by atoms with Gasteiger partial charge >= 0.3 is 0 Å². The van der Waals surface area contributed by atoms with E-state index in [1.54, 1.807) is 0 Å². The molecule has 9 heavy (non-hydrogen) atoms. The molecule has 3 saturated carbocycles. The van der Waals surface area contributed by atoms with Gasteiger partial charge in [0.15, 0.2) is 0 Å². The Kier molecular flexibility index (Phi) is 1.37. The number of fused-ring (bicyclic) bond motifs is 3. The van der Waals surface area contributed by atoms with Crippen LogP contribution in [0.5, 0.6) is 0 Å². The average Bonchev–Trinajstić information content (AvgIpc) is 1.90. The molecular formula is C8H12Br. The van der Waals surface area contributed by atoms with Gasteiger partial charge in [-0.3, -0.25) is 0 Å². The molecular weight excluding hydrogens is 176 g/mol. The molecule has 3 aliphatic carbocycles. The maximum absolute atomic E-state index is 3.78. The Bertz CT molecular complexity index is 98.0. The van der Waals surface area contributed by atoms with Crippen LogP contribution in [0.3, 0.4) is 0 Å². The van der Waals surface area contributed by atoms with E-state index in [-0.39, 0.29) is 0 Å². The summed E-state index contributed by atoms with van der Waals surface area (Å²) in [6.07, 6.45) is 9.54. The summed E-state index contributed by atoms with van der Waals surface area (Å²) in [5, 5.41) is 0.